The summed E-state index contributed by atoms with van der Waals surface area (Å²) >= 11 is 0. The van der Waals surface area contributed by atoms with Gasteiger partial charge in [0.15, 0.2) is 0 Å². The largest absolute Gasteiger partial charge is 0.507 e. The van der Waals surface area contributed by atoms with Gasteiger partial charge in [0.1, 0.15) is 11.4 Å². The Morgan fingerprint density at radius 2 is 1.64 bits per heavy atom. The topological polar surface area (TPSA) is 107 Å². The minimum Gasteiger partial charge on any atom is -0.507 e. The second-order valence-corrected chi connectivity index (χ2v) is 7.35. The fraction of sp³-hybridized carbons (Fsp3) is 0.0385. The number of hydrazone groups is 1. The van der Waals surface area contributed by atoms with E-state index in [1.165, 1.54) is 12.1 Å². The normalized spacial score (nSPS) is 11.6. The van der Waals surface area contributed by atoms with Gasteiger partial charge in [-0.05, 0) is 37.3 Å². The molecule has 0 aliphatic rings. The molecule has 4 rings (SSSR count). The Morgan fingerprint density at radius 3 is 2.42 bits per heavy atom. The van der Waals surface area contributed by atoms with Crippen molar-refractivity contribution < 1.29 is 14.7 Å². The van der Waals surface area contributed by atoms with E-state index in [2.05, 4.69) is 20.8 Å². The molecule has 1 aromatic heterocycles. The first kappa shape index (κ1) is 21.6. The molecule has 0 radical (unpaired) electrons. The van der Waals surface area contributed by atoms with E-state index >= 15 is 0 Å². The first-order chi connectivity index (χ1) is 16.0. The molecule has 0 fully saturated rings. The highest BCUT2D eigenvalue weighted by molar-refractivity contribution is 6.06. The zero-order chi connectivity index (χ0) is 23.2. The van der Waals surface area contributed by atoms with E-state index < -0.39 is 11.8 Å². The maximum Gasteiger partial charge on any atom is 0.287 e. The van der Waals surface area contributed by atoms with Crippen molar-refractivity contribution >= 4 is 35.0 Å². The monoisotopic (exact) mass is 438 g/mol. The van der Waals surface area contributed by atoms with Crippen LogP contribution in [0.4, 0.5) is 0 Å². The Morgan fingerprint density at radius 1 is 0.939 bits per heavy atom. The predicted molar refractivity (Wildman–Crippen MR) is 129 cm³/mol. The van der Waals surface area contributed by atoms with Crippen LogP contribution in [0, 0.1) is 6.92 Å². The summed E-state index contributed by atoms with van der Waals surface area (Å²) in [6.45, 7) is 1.92. The molecule has 3 aromatic carbocycles. The lowest BCUT2D eigenvalue weighted by atomic mass is 10.1. The van der Waals surface area contributed by atoms with Gasteiger partial charge in [-0.3, -0.25) is 9.59 Å². The zero-order valence-electron chi connectivity index (χ0n) is 17.9. The minimum absolute atomic E-state index is 0.0188. The lowest BCUT2D eigenvalue weighted by molar-refractivity contribution is -0.117. The first-order valence-corrected chi connectivity index (χ1v) is 10.3. The number of fused-ring (bicyclic) bond motifs is 1. The van der Waals surface area contributed by atoms with E-state index in [0.717, 1.165) is 22.2 Å². The molecule has 2 amide bonds. The molecule has 0 saturated carbocycles. The standard InChI is InChI=1S/C26H22N4O3/c1-17-21(20-12-6-7-13-22(20)28-17)16-27-30-26(33)23(15-19-11-5-8-14-24(19)31)29-25(32)18-9-3-2-4-10-18/h2-16,28,31H,1H3,(H,29,32)(H,30,33)/b23-15-,27-16-. The van der Waals surface area contributed by atoms with E-state index in [0.29, 0.717) is 11.1 Å². The molecule has 0 spiro atoms. The third-order valence-corrected chi connectivity index (χ3v) is 5.07. The van der Waals surface area contributed by atoms with Crippen molar-refractivity contribution in [2.45, 2.75) is 6.92 Å². The second-order valence-electron chi connectivity index (χ2n) is 7.35. The molecule has 7 heteroatoms. The van der Waals surface area contributed by atoms with E-state index in [-0.39, 0.29) is 11.4 Å². The average Bonchev–Trinajstić information content (AvgIpc) is 3.15. The number of carbonyl (C=O) groups excluding carboxylic acids is 2. The maximum absolute atomic E-state index is 12.9. The van der Waals surface area contributed by atoms with Gasteiger partial charge in [-0.1, -0.05) is 54.6 Å². The highest BCUT2D eigenvalue weighted by atomic mass is 16.3. The number of carbonyl (C=O) groups is 2. The molecule has 0 aliphatic heterocycles. The van der Waals surface area contributed by atoms with Gasteiger partial charge in [0, 0.05) is 33.3 Å². The number of aromatic nitrogens is 1. The molecule has 0 aliphatic carbocycles. The van der Waals surface area contributed by atoms with Gasteiger partial charge in [0.25, 0.3) is 11.8 Å². The van der Waals surface area contributed by atoms with Gasteiger partial charge in [-0.25, -0.2) is 5.43 Å². The highest BCUT2D eigenvalue weighted by Gasteiger charge is 2.15. The molecule has 4 N–H and O–H groups in total. The molecule has 0 unspecified atom stereocenters. The SMILES string of the molecule is Cc1[nH]c2ccccc2c1/C=N\NC(=O)/C(=C/c1ccccc1O)NC(=O)c1ccccc1. The molecule has 164 valence electrons. The summed E-state index contributed by atoms with van der Waals surface area (Å²) in [6.07, 6.45) is 2.96. The number of hydrogen-bond acceptors (Lipinski definition) is 4. The van der Waals surface area contributed by atoms with Crippen molar-refractivity contribution in [2.24, 2.45) is 5.10 Å². The summed E-state index contributed by atoms with van der Waals surface area (Å²) in [5, 5.41) is 17.8. The fourth-order valence-electron chi connectivity index (χ4n) is 3.39. The van der Waals surface area contributed by atoms with Crippen molar-refractivity contribution in [3.63, 3.8) is 0 Å². The molecule has 4 aromatic rings. The van der Waals surface area contributed by atoms with Gasteiger partial charge >= 0.3 is 0 Å². The van der Waals surface area contributed by atoms with Crippen LogP contribution in [0.2, 0.25) is 0 Å². The molecule has 33 heavy (non-hydrogen) atoms. The Balaban J connectivity index is 1.58. The second kappa shape index (κ2) is 9.65. The van der Waals surface area contributed by atoms with Crippen LogP contribution in [0.5, 0.6) is 5.75 Å². The Bertz CT molecular complexity index is 1370. The van der Waals surface area contributed by atoms with Crippen LogP contribution in [-0.4, -0.2) is 28.1 Å². The zero-order valence-corrected chi connectivity index (χ0v) is 17.9. The summed E-state index contributed by atoms with van der Waals surface area (Å²) in [5.74, 6) is -1.10. The molecular formula is C26H22N4O3. The summed E-state index contributed by atoms with van der Waals surface area (Å²) < 4.78 is 0. The lowest BCUT2D eigenvalue weighted by Gasteiger charge is -2.09. The quantitative estimate of drug-likeness (QED) is 0.207. The predicted octanol–water partition coefficient (Wildman–Crippen LogP) is 4.10. The Kier molecular flexibility index (Phi) is 6.31. The van der Waals surface area contributed by atoms with Gasteiger partial charge in [0.2, 0.25) is 0 Å². The van der Waals surface area contributed by atoms with Crippen LogP contribution in [0.15, 0.2) is 89.7 Å². The van der Waals surface area contributed by atoms with Crippen LogP contribution in [0.3, 0.4) is 0 Å². The van der Waals surface area contributed by atoms with Crippen molar-refractivity contribution in [3.8, 4) is 5.75 Å². The summed E-state index contributed by atoms with van der Waals surface area (Å²) in [4.78, 5) is 28.8. The molecule has 0 bridgehead atoms. The number of amides is 2. The molecular weight excluding hydrogens is 416 g/mol. The first-order valence-electron chi connectivity index (χ1n) is 10.3. The number of rotatable bonds is 6. The highest BCUT2D eigenvalue weighted by Crippen LogP contribution is 2.20. The molecule has 7 nitrogen and oxygen atoms in total. The van der Waals surface area contributed by atoms with Crippen molar-refractivity contribution in [1.29, 1.82) is 0 Å². The number of H-pyrrole nitrogens is 1. The third-order valence-electron chi connectivity index (χ3n) is 5.07. The number of aromatic amines is 1. The number of aryl methyl sites for hydroxylation is 1. The van der Waals surface area contributed by atoms with Crippen LogP contribution >= 0.6 is 0 Å². The van der Waals surface area contributed by atoms with E-state index in [9.17, 15) is 14.7 Å². The smallest absolute Gasteiger partial charge is 0.287 e. The molecule has 1 heterocycles. The Labute approximate surface area is 190 Å². The number of nitrogens with one attached hydrogen (secondary N) is 3. The number of hydrogen-bond donors (Lipinski definition) is 4. The number of para-hydroxylation sites is 2. The number of nitrogens with zero attached hydrogens (tertiary/aromatic N) is 1. The van der Waals surface area contributed by atoms with Crippen molar-refractivity contribution in [3.05, 3.63) is 107 Å². The van der Waals surface area contributed by atoms with Crippen LogP contribution in [0.1, 0.15) is 27.2 Å². The number of phenolic OH excluding ortho intramolecular Hbond substituents is 1. The third kappa shape index (κ3) is 4.99. The number of aromatic hydroxyl groups is 1. The van der Waals surface area contributed by atoms with E-state index in [1.54, 1.807) is 54.7 Å². The summed E-state index contributed by atoms with van der Waals surface area (Å²) in [6, 6.07) is 22.9. The summed E-state index contributed by atoms with van der Waals surface area (Å²) in [5.41, 5.74) is 5.92. The minimum atomic E-state index is -0.628. The van der Waals surface area contributed by atoms with Crippen LogP contribution in [0.25, 0.3) is 17.0 Å². The number of benzene rings is 3. The van der Waals surface area contributed by atoms with Crippen molar-refractivity contribution in [2.75, 3.05) is 0 Å². The van der Waals surface area contributed by atoms with Crippen molar-refractivity contribution in [1.82, 2.24) is 15.7 Å². The lowest BCUT2D eigenvalue weighted by Crippen LogP contribution is -2.32. The molecule has 0 saturated heterocycles. The number of phenols is 1. The fourth-order valence-corrected chi connectivity index (χ4v) is 3.39. The summed E-state index contributed by atoms with van der Waals surface area (Å²) in [7, 11) is 0. The van der Waals surface area contributed by atoms with Gasteiger partial charge in [0.05, 0.1) is 6.21 Å². The van der Waals surface area contributed by atoms with Gasteiger partial charge in [-0.2, -0.15) is 5.10 Å². The van der Waals surface area contributed by atoms with Crippen LogP contribution in [-0.2, 0) is 4.79 Å². The van der Waals surface area contributed by atoms with E-state index in [4.69, 9.17) is 0 Å². The van der Waals surface area contributed by atoms with E-state index in [1.807, 2.05) is 31.2 Å². The average molecular weight is 438 g/mol. The molecule has 0 atom stereocenters. The Hall–Kier alpha value is -4.65. The van der Waals surface area contributed by atoms with Gasteiger partial charge in [-0.15, -0.1) is 0 Å². The van der Waals surface area contributed by atoms with Crippen LogP contribution < -0.4 is 10.7 Å². The maximum atomic E-state index is 12.9. The van der Waals surface area contributed by atoms with Gasteiger partial charge < -0.3 is 15.4 Å².